The van der Waals surface area contributed by atoms with Crippen LogP contribution in [0.5, 0.6) is 5.75 Å². The minimum Gasteiger partial charge on any atom is -0.490 e. The Kier molecular flexibility index (Phi) is 9.52. The van der Waals surface area contributed by atoms with Crippen LogP contribution in [-0.4, -0.2) is 60.9 Å². The van der Waals surface area contributed by atoms with Crippen molar-refractivity contribution in [3.63, 3.8) is 0 Å². The average molecular weight is 734 g/mol. The highest BCUT2D eigenvalue weighted by Gasteiger charge is 2.64. The quantitative estimate of drug-likeness (QED) is 0.326. The smallest absolute Gasteiger partial charge is 0.395 e. The number of carbonyl (C=O) groups is 2. The summed E-state index contributed by atoms with van der Waals surface area (Å²) < 4.78 is 73.8. The van der Waals surface area contributed by atoms with Crippen molar-refractivity contribution in [2.45, 2.75) is 81.9 Å². The van der Waals surface area contributed by atoms with Gasteiger partial charge in [-0.3, -0.25) is 14.3 Å². The van der Waals surface area contributed by atoms with Gasteiger partial charge in [0.05, 0.1) is 29.6 Å². The molecule has 5 aliphatic rings. The predicted octanol–water partition coefficient (Wildman–Crippen LogP) is 7.58. The summed E-state index contributed by atoms with van der Waals surface area (Å²) in [5, 5.41) is 0.701. The third kappa shape index (κ3) is 6.91. The van der Waals surface area contributed by atoms with Crippen LogP contribution in [0, 0.1) is 17.3 Å². The Balaban J connectivity index is 1.26. The molecular formula is C37H43ClF3N3O5S. The Morgan fingerprint density at radius 1 is 1.16 bits per heavy atom. The van der Waals surface area contributed by atoms with Crippen LogP contribution in [-0.2, 0) is 31.3 Å². The molecule has 2 amide bonds. The van der Waals surface area contributed by atoms with Crippen molar-refractivity contribution in [3.8, 4) is 5.75 Å². The lowest BCUT2D eigenvalue weighted by Crippen LogP contribution is -2.49. The molecule has 0 saturated heterocycles. The minimum atomic E-state index is -4.55. The number of methoxy groups -OCH3 is 1. The molecule has 2 fully saturated rings. The van der Waals surface area contributed by atoms with Gasteiger partial charge >= 0.3 is 6.18 Å². The van der Waals surface area contributed by atoms with E-state index < -0.39 is 39.7 Å². The van der Waals surface area contributed by atoms with Gasteiger partial charge in [0.15, 0.2) is 0 Å². The predicted molar refractivity (Wildman–Crippen MR) is 186 cm³/mol. The number of allylic oxidation sites excluding steroid dienone is 1. The zero-order chi connectivity index (χ0) is 35.3. The number of aryl methyl sites for hydroxylation is 1. The summed E-state index contributed by atoms with van der Waals surface area (Å²) in [6.07, 6.45) is 3.75. The van der Waals surface area contributed by atoms with E-state index in [9.17, 15) is 27.0 Å². The van der Waals surface area contributed by atoms with Crippen molar-refractivity contribution in [1.82, 2.24) is 4.72 Å². The topological polar surface area (TPSA) is 97.3 Å². The largest absolute Gasteiger partial charge is 0.490 e. The van der Waals surface area contributed by atoms with Crippen molar-refractivity contribution < 1.29 is 36.4 Å². The molecule has 13 heteroatoms. The van der Waals surface area contributed by atoms with E-state index in [-0.39, 0.29) is 41.6 Å². The summed E-state index contributed by atoms with van der Waals surface area (Å²) in [6.45, 7) is 1.80. The van der Waals surface area contributed by atoms with E-state index in [0.29, 0.717) is 49.2 Å². The number of benzene rings is 2. The lowest BCUT2D eigenvalue weighted by Gasteiger charge is -2.46. The molecule has 8 nitrogen and oxygen atoms in total. The van der Waals surface area contributed by atoms with Crippen LogP contribution in [0.2, 0.25) is 5.02 Å². The molecule has 2 bridgehead atoms. The van der Waals surface area contributed by atoms with Gasteiger partial charge in [0.1, 0.15) is 15.7 Å². The van der Waals surface area contributed by atoms with Gasteiger partial charge in [-0.15, -0.1) is 4.36 Å². The number of nitrogens with zero attached hydrogens (tertiary/aromatic N) is 2. The average Bonchev–Trinajstić information content (AvgIpc) is 3.86. The number of rotatable bonds is 4. The number of alkyl halides is 3. The van der Waals surface area contributed by atoms with Crippen molar-refractivity contribution in [1.29, 1.82) is 0 Å². The fourth-order valence-corrected chi connectivity index (χ4v) is 10.1. The Hall–Kier alpha value is -3.09. The third-order valence-corrected chi connectivity index (χ3v) is 13.6. The molecule has 1 N–H and O–H groups in total. The van der Waals surface area contributed by atoms with Crippen LogP contribution >= 0.6 is 11.6 Å². The van der Waals surface area contributed by atoms with E-state index in [2.05, 4.69) is 20.1 Å². The Morgan fingerprint density at radius 3 is 2.70 bits per heavy atom. The zero-order valence-electron chi connectivity index (χ0n) is 28.1. The minimum absolute atomic E-state index is 0.130. The lowest BCUT2D eigenvalue weighted by atomic mass is 9.68. The van der Waals surface area contributed by atoms with E-state index in [0.717, 1.165) is 37.8 Å². The van der Waals surface area contributed by atoms with Crippen molar-refractivity contribution >= 4 is 39.0 Å². The molecule has 1 spiro atoms. The molecule has 0 aromatic heterocycles. The molecule has 2 saturated carbocycles. The van der Waals surface area contributed by atoms with Gasteiger partial charge in [-0.1, -0.05) is 29.8 Å². The summed E-state index contributed by atoms with van der Waals surface area (Å²) in [5.41, 5.74) is 0.884. The van der Waals surface area contributed by atoms with Gasteiger partial charge in [0, 0.05) is 42.6 Å². The maximum Gasteiger partial charge on any atom is 0.395 e. The van der Waals surface area contributed by atoms with Gasteiger partial charge in [0.2, 0.25) is 5.91 Å². The number of ether oxygens (including phenoxy) is 2. The van der Waals surface area contributed by atoms with E-state index >= 15 is 0 Å². The second-order valence-corrected chi connectivity index (χ2v) is 17.3. The first-order valence-electron chi connectivity index (χ1n) is 17.5. The number of hydrogen-bond acceptors (Lipinski definition) is 6. The van der Waals surface area contributed by atoms with E-state index in [1.807, 2.05) is 24.3 Å². The molecule has 5 atom stereocenters. The number of hydrogen-bond donors (Lipinski definition) is 1. The molecule has 7 rings (SSSR count). The number of nitrogens with one attached hydrogen (secondary N) is 1. The van der Waals surface area contributed by atoms with Gasteiger partial charge in [-0.2, -0.15) is 13.2 Å². The molecule has 50 heavy (non-hydrogen) atoms. The van der Waals surface area contributed by atoms with Crippen LogP contribution in [0.15, 0.2) is 52.9 Å². The first-order chi connectivity index (χ1) is 23.8. The summed E-state index contributed by atoms with van der Waals surface area (Å²) >= 11 is 6.41. The van der Waals surface area contributed by atoms with Gasteiger partial charge in [0.25, 0.3) is 5.91 Å². The molecule has 2 aliphatic heterocycles. The second-order valence-electron chi connectivity index (χ2n) is 14.8. The maximum absolute atomic E-state index is 14.1. The monoisotopic (exact) mass is 733 g/mol. The van der Waals surface area contributed by atoms with Gasteiger partial charge < -0.3 is 14.4 Å². The van der Waals surface area contributed by atoms with Crippen LogP contribution in [0.3, 0.4) is 0 Å². The molecule has 2 aromatic carbocycles. The SMILES string of the molecule is CO[C@H]1/C=C/CCCS(=O)(NC(=O)CC2(C(F)(F)F)CC2)=NC(=O)c2ccc3c(c2)N(C[C@@H]2CC[C@H]21)C[C@@]1(CCCc2cc(Cl)ccc21)CO3. The summed E-state index contributed by atoms with van der Waals surface area (Å²) in [4.78, 5) is 29.0. The second kappa shape index (κ2) is 13.5. The first-order valence-corrected chi connectivity index (χ1v) is 19.6. The summed E-state index contributed by atoms with van der Waals surface area (Å²) in [5.74, 6) is -0.799. The Labute approximate surface area is 296 Å². The third-order valence-electron chi connectivity index (χ3n) is 11.5. The zero-order valence-corrected chi connectivity index (χ0v) is 29.7. The maximum atomic E-state index is 14.1. The van der Waals surface area contributed by atoms with Gasteiger partial charge in [-0.25, -0.2) is 4.21 Å². The van der Waals surface area contributed by atoms with Gasteiger partial charge in [-0.05, 0) is 111 Å². The van der Waals surface area contributed by atoms with Crippen LogP contribution in [0.1, 0.15) is 79.3 Å². The van der Waals surface area contributed by atoms with Crippen molar-refractivity contribution in [2.75, 3.05) is 37.5 Å². The number of carbonyl (C=O) groups excluding carboxylic acids is 2. The molecular weight excluding hydrogens is 691 g/mol. The first kappa shape index (κ1) is 35.3. The van der Waals surface area contributed by atoms with E-state index in [1.54, 1.807) is 25.3 Å². The number of amides is 2. The molecule has 2 heterocycles. The molecule has 1 unspecified atom stereocenters. The van der Waals surface area contributed by atoms with Crippen molar-refractivity contribution in [2.24, 2.45) is 21.6 Å². The lowest BCUT2D eigenvalue weighted by molar-refractivity contribution is -0.190. The summed E-state index contributed by atoms with van der Waals surface area (Å²) in [7, 11) is -2.05. The number of fused-ring (bicyclic) bond motifs is 4. The Bertz CT molecular complexity index is 1820. The van der Waals surface area contributed by atoms with Crippen LogP contribution < -0.4 is 14.4 Å². The highest BCUT2D eigenvalue weighted by atomic mass is 35.5. The molecule has 3 aliphatic carbocycles. The molecule has 270 valence electrons. The molecule has 2 aromatic rings. The van der Waals surface area contributed by atoms with Crippen molar-refractivity contribution in [3.05, 3.63) is 70.3 Å². The van der Waals surface area contributed by atoms with E-state index in [4.69, 9.17) is 21.1 Å². The normalized spacial score (nSPS) is 31.2. The van der Waals surface area contributed by atoms with Crippen LogP contribution in [0.25, 0.3) is 0 Å². The fourth-order valence-electron chi connectivity index (χ4n) is 8.35. The highest BCUT2D eigenvalue weighted by molar-refractivity contribution is 7.92. The molecule has 0 radical (unpaired) electrons. The van der Waals surface area contributed by atoms with E-state index in [1.165, 1.54) is 11.1 Å². The highest BCUT2D eigenvalue weighted by Crippen LogP contribution is 2.60. The number of halogens is 4. The Morgan fingerprint density at radius 2 is 1.98 bits per heavy atom. The van der Waals surface area contributed by atoms with Crippen LogP contribution in [0.4, 0.5) is 18.9 Å². The number of anilines is 1. The standard InChI is InChI=1S/C37H43ClF3N3O5S/c1-48-31-7-3-2-4-17-50(47,42-33(45)20-36(15-16-36)37(39,40)41)43-34(46)25-9-13-32-30(19-25)44(21-26-8-11-28(26)31)22-35(23-49-32)14-5-6-24-18-27(38)10-12-29(24)35/h3,7,9-10,12-13,18-19,26,28,31H,2,4-6,8,11,14-17,20-23H2,1H3,(H,42,43,45,46,47)/b7-3+/t26-,28+,31-,35-,50?/m0/s1. The fraction of sp³-hybridized carbons (Fsp3) is 0.568. The summed E-state index contributed by atoms with van der Waals surface area (Å²) in [6, 6.07) is 11.1.